The first-order valence-electron chi connectivity index (χ1n) is 3.53. The highest BCUT2D eigenvalue weighted by molar-refractivity contribution is 5.69. The highest BCUT2D eigenvalue weighted by Crippen LogP contribution is 2.11. The summed E-state index contributed by atoms with van der Waals surface area (Å²) < 4.78 is 12.4. The molecule has 1 N–H and O–H groups in total. The largest absolute Gasteiger partial charge is 0.480 e. The smallest absolute Gasteiger partial charge is 0.327 e. The summed E-state index contributed by atoms with van der Waals surface area (Å²) in [6.07, 6.45) is 0. The van der Waals surface area contributed by atoms with Crippen molar-refractivity contribution in [2.75, 3.05) is 6.54 Å². The number of halogens is 1. The van der Waals surface area contributed by atoms with E-state index in [0.717, 1.165) is 0 Å². The first-order valence-corrected chi connectivity index (χ1v) is 3.53. The van der Waals surface area contributed by atoms with E-state index in [9.17, 15) is 9.18 Å². The topological polar surface area (TPSA) is 62.0 Å². The molecule has 0 spiro atoms. The van der Waals surface area contributed by atoms with Gasteiger partial charge in [-0.05, 0) is 24.3 Å². The van der Waals surface area contributed by atoms with Gasteiger partial charge in [0.05, 0.1) is 5.69 Å². The lowest BCUT2D eigenvalue weighted by Crippen LogP contribution is -1.97. The summed E-state index contributed by atoms with van der Waals surface area (Å²) in [7, 11) is 0. The third-order valence-electron chi connectivity index (χ3n) is 1.22. The number of rotatable bonds is 3. The number of hydrogen-bond acceptors (Lipinski definition) is 3. The molecule has 0 radical (unpaired) electrons. The minimum absolute atomic E-state index is 0.364. The molecule has 5 heteroatoms. The Hall–Kier alpha value is -1.78. The third kappa shape index (κ3) is 3.42. The van der Waals surface area contributed by atoms with E-state index in [-0.39, 0.29) is 12.4 Å². The zero-order valence-corrected chi connectivity index (χ0v) is 6.64. The normalized spacial score (nSPS) is 10.5. The molecule has 1 rings (SSSR count). The number of carboxylic acid groups (broad SMARTS) is 1. The third-order valence-corrected chi connectivity index (χ3v) is 1.22. The van der Waals surface area contributed by atoms with Crippen LogP contribution < -0.4 is 0 Å². The van der Waals surface area contributed by atoms with Crippen molar-refractivity contribution in [3.05, 3.63) is 30.1 Å². The van der Waals surface area contributed by atoms with Gasteiger partial charge in [0, 0.05) is 0 Å². The Morgan fingerprint density at radius 2 is 2.00 bits per heavy atom. The molecule has 13 heavy (non-hydrogen) atoms. The fourth-order valence-corrected chi connectivity index (χ4v) is 0.685. The second kappa shape index (κ2) is 4.30. The Morgan fingerprint density at radius 1 is 1.38 bits per heavy atom. The number of carbonyl (C=O) groups is 1. The van der Waals surface area contributed by atoms with Crippen LogP contribution in [0.4, 0.5) is 10.1 Å². The van der Waals surface area contributed by atoms with Gasteiger partial charge in [0.25, 0.3) is 0 Å². The van der Waals surface area contributed by atoms with E-state index in [1.54, 1.807) is 0 Å². The standard InChI is InChI=1S/C8H7FN2O2/c9-6-1-3-7(4-2-6)11-10-5-8(12)13/h1-4H,5H2,(H,12,13). The summed E-state index contributed by atoms with van der Waals surface area (Å²) in [6, 6.07) is 5.30. The highest BCUT2D eigenvalue weighted by atomic mass is 19.1. The summed E-state index contributed by atoms with van der Waals surface area (Å²) in [5.41, 5.74) is 0.433. The summed E-state index contributed by atoms with van der Waals surface area (Å²) in [4.78, 5) is 10.0. The summed E-state index contributed by atoms with van der Waals surface area (Å²) in [6.45, 7) is -0.378. The Morgan fingerprint density at radius 3 is 2.54 bits per heavy atom. The van der Waals surface area contributed by atoms with Gasteiger partial charge >= 0.3 is 5.97 Å². The van der Waals surface area contributed by atoms with Crippen LogP contribution in [0.3, 0.4) is 0 Å². The quantitative estimate of drug-likeness (QED) is 0.726. The molecule has 0 aliphatic carbocycles. The fraction of sp³-hybridized carbons (Fsp3) is 0.125. The molecule has 0 amide bonds. The van der Waals surface area contributed by atoms with E-state index in [2.05, 4.69) is 10.2 Å². The second-order valence-corrected chi connectivity index (χ2v) is 2.27. The molecule has 0 aliphatic heterocycles. The maximum Gasteiger partial charge on any atom is 0.327 e. The summed E-state index contributed by atoms with van der Waals surface area (Å²) in [5.74, 6) is -1.41. The van der Waals surface area contributed by atoms with E-state index >= 15 is 0 Å². The molecule has 1 aromatic rings. The monoisotopic (exact) mass is 182 g/mol. The van der Waals surface area contributed by atoms with Crippen molar-refractivity contribution in [1.82, 2.24) is 0 Å². The van der Waals surface area contributed by atoms with Crippen molar-refractivity contribution in [3.63, 3.8) is 0 Å². The Kier molecular flexibility index (Phi) is 3.08. The van der Waals surface area contributed by atoms with Gasteiger partial charge in [0.15, 0.2) is 6.54 Å². The lowest BCUT2D eigenvalue weighted by Gasteiger charge is -1.90. The van der Waals surface area contributed by atoms with Crippen molar-refractivity contribution < 1.29 is 14.3 Å². The summed E-state index contributed by atoms with van der Waals surface area (Å²) >= 11 is 0. The minimum atomic E-state index is -1.05. The lowest BCUT2D eigenvalue weighted by atomic mass is 10.3. The van der Waals surface area contributed by atoms with E-state index in [1.807, 2.05) is 0 Å². The van der Waals surface area contributed by atoms with Gasteiger partial charge in [-0.2, -0.15) is 10.2 Å². The zero-order valence-electron chi connectivity index (χ0n) is 6.64. The van der Waals surface area contributed by atoms with Crippen LogP contribution in [0, 0.1) is 5.82 Å². The van der Waals surface area contributed by atoms with Crippen molar-refractivity contribution in [2.45, 2.75) is 0 Å². The van der Waals surface area contributed by atoms with E-state index in [0.29, 0.717) is 5.69 Å². The molecule has 0 saturated carbocycles. The molecule has 0 atom stereocenters. The van der Waals surface area contributed by atoms with Crippen molar-refractivity contribution >= 4 is 11.7 Å². The van der Waals surface area contributed by atoms with Crippen LogP contribution in [-0.2, 0) is 4.79 Å². The van der Waals surface area contributed by atoms with Crippen LogP contribution in [0.2, 0.25) is 0 Å². The number of azo groups is 1. The molecule has 0 aromatic heterocycles. The minimum Gasteiger partial charge on any atom is -0.480 e. The molecular weight excluding hydrogens is 175 g/mol. The number of aliphatic carboxylic acids is 1. The molecule has 0 aliphatic rings. The van der Waals surface area contributed by atoms with Crippen LogP contribution >= 0.6 is 0 Å². The van der Waals surface area contributed by atoms with Gasteiger partial charge in [-0.25, -0.2) is 4.39 Å². The fourth-order valence-electron chi connectivity index (χ4n) is 0.685. The number of nitrogens with zero attached hydrogens (tertiary/aromatic N) is 2. The number of hydrogen-bond donors (Lipinski definition) is 1. The molecule has 4 nitrogen and oxygen atoms in total. The maximum absolute atomic E-state index is 12.4. The van der Waals surface area contributed by atoms with Gasteiger partial charge in [-0.3, -0.25) is 4.79 Å². The predicted octanol–water partition coefficient (Wildman–Crippen LogP) is 1.99. The molecule has 0 unspecified atom stereocenters. The molecule has 0 bridgehead atoms. The Labute approximate surface area is 73.7 Å². The van der Waals surface area contributed by atoms with Gasteiger partial charge in [-0.1, -0.05) is 0 Å². The average molecular weight is 182 g/mol. The van der Waals surface area contributed by atoms with Crippen molar-refractivity contribution in [1.29, 1.82) is 0 Å². The predicted molar refractivity (Wildman–Crippen MR) is 43.4 cm³/mol. The highest BCUT2D eigenvalue weighted by Gasteiger charge is 1.93. The van der Waals surface area contributed by atoms with Crippen LogP contribution in [0.15, 0.2) is 34.5 Å². The molecule has 0 saturated heterocycles. The zero-order chi connectivity index (χ0) is 9.68. The number of benzene rings is 1. The molecule has 0 heterocycles. The van der Waals surface area contributed by atoms with Crippen molar-refractivity contribution in [3.8, 4) is 0 Å². The van der Waals surface area contributed by atoms with Crippen LogP contribution in [0.5, 0.6) is 0 Å². The van der Waals surface area contributed by atoms with Gasteiger partial charge in [-0.15, -0.1) is 0 Å². The second-order valence-electron chi connectivity index (χ2n) is 2.27. The first kappa shape index (κ1) is 9.31. The Balaban J connectivity index is 2.59. The van der Waals surface area contributed by atoms with Crippen LogP contribution in [0.1, 0.15) is 0 Å². The molecule has 0 fully saturated rings. The average Bonchev–Trinajstić information content (AvgIpc) is 2.08. The van der Waals surface area contributed by atoms with Gasteiger partial charge in [0.1, 0.15) is 5.82 Å². The SMILES string of the molecule is O=C(O)CN=Nc1ccc(F)cc1. The Bertz CT molecular complexity index is 321. The van der Waals surface area contributed by atoms with Gasteiger partial charge in [0.2, 0.25) is 0 Å². The molecule has 68 valence electrons. The number of carboxylic acids is 1. The lowest BCUT2D eigenvalue weighted by molar-refractivity contribution is -0.135. The van der Waals surface area contributed by atoms with E-state index in [4.69, 9.17) is 5.11 Å². The summed E-state index contributed by atoms with van der Waals surface area (Å²) in [5, 5.41) is 15.2. The maximum atomic E-state index is 12.4. The molecular formula is C8H7FN2O2. The first-order chi connectivity index (χ1) is 6.18. The van der Waals surface area contributed by atoms with Gasteiger partial charge < -0.3 is 5.11 Å². The van der Waals surface area contributed by atoms with E-state index < -0.39 is 5.97 Å². The van der Waals surface area contributed by atoms with Crippen LogP contribution in [0.25, 0.3) is 0 Å². The van der Waals surface area contributed by atoms with Crippen LogP contribution in [-0.4, -0.2) is 17.6 Å². The van der Waals surface area contributed by atoms with E-state index in [1.165, 1.54) is 24.3 Å². The molecule has 1 aromatic carbocycles. The van der Waals surface area contributed by atoms with Crippen molar-refractivity contribution in [2.24, 2.45) is 10.2 Å².